The molecule has 2 aromatic heterocycles. The molecule has 0 saturated heterocycles. The standard InChI is InChI=1S/C52H36N2/c1-5-16-37(17-6-1)42-34-43(38-18-7-2-8-19-38)36-46(35-42)54(44-23-11-4-12-24-44)45-30-28-39(29-31-45)47-26-15-22-41-32-33-53-49-27-14-13-25-48(49)51(52(53)50(41)47)40-20-9-3-10-21-40/h1-36H. The monoisotopic (exact) mass is 688 g/mol. The zero-order valence-electron chi connectivity index (χ0n) is 29.7. The van der Waals surface area contributed by atoms with E-state index >= 15 is 0 Å². The lowest BCUT2D eigenvalue weighted by atomic mass is 9.94. The minimum Gasteiger partial charge on any atom is -0.315 e. The summed E-state index contributed by atoms with van der Waals surface area (Å²) in [5.41, 5.74) is 15.4. The van der Waals surface area contributed by atoms with Crippen LogP contribution in [0.3, 0.4) is 0 Å². The zero-order valence-corrected chi connectivity index (χ0v) is 29.7. The van der Waals surface area contributed by atoms with Gasteiger partial charge in [0, 0.05) is 39.6 Å². The minimum atomic E-state index is 1.10. The maximum absolute atomic E-state index is 2.37. The second kappa shape index (κ2) is 13.4. The highest BCUT2D eigenvalue weighted by Crippen LogP contribution is 2.44. The molecule has 254 valence electrons. The quantitative estimate of drug-likeness (QED) is 0.162. The zero-order chi connectivity index (χ0) is 35.8. The van der Waals surface area contributed by atoms with Crippen LogP contribution in [0.25, 0.3) is 71.7 Å². The highest BCUT2D eigenvalue weighted by molar-refractivity contribution is 6.18. The summed E-state index contributed by atoms with van der Waals surface area (Å²) in [5.74, 6) is 0. The molecule has 54 heavy (non-hydrogen) atoms. The van der Waals surface area contributed by atoms with E-state index in [4.69, 9.17) is 0 Å². The molecule has 0 fully saturated rings. The molecule has 0 amide bonds. The van der Waals surface area contributed by atoms with Crippen LogP contribution in [0, 0.1) is 0 Å². The van der Waals surface area contributed by atoms with Gasteiger partial charge < -0.3 is 9.30 Å². The molecule has 0 saturated carbocycles. The Morgan fingerprint density at radius 1 is 0.352 bits per heavy atom. The van der Waals surface area contributed by atoms with Crippen LogP contribution in [-0.4, -0.2) is 4.40 Å². The Hall–Kier alpha value is -7.16. The summed E-state index contributed by atoms with van der Waals surface area (Å²) in [6, 6.07) is 76.6. The van der Waals surface area contributed by atoms with E-state index in [1.165, 1.54) is 71.7 Å². The average Bonchev–Trinajstić information content (AvgIpc) is 3.60. The molecule has 8 aromatic carbocycles. The smallest absolute Gasteiger partial charge is 0.0625 e. The summed E-state index contributed by atoms with van der Waals surface area (Å²) in [4.78, 5) is 2.37. The summed E-state index contributed by atoms with van der Waals surface area (Å²) in [6.07, 6.45) is 2.23. The molecular formula is C52H36N2. The molecule has 2 heteroatoms. The number of aromatic nitrogens is 1. The van der Waals surface area contributed by atoms with E-state index in [9.17, 15) is 0 Å². The van der Waals surface area contributed by atoms with Crippen LogP contribution in [0.4, 0.5) is 17.1 Å². The molecule has 0 N–H and O–H groups in total. The van der Waals surface area contributed by atoms with E-state index in [2.05, 4.69) is 228 Å². The molecule has 0 bridgehead atoms. The first-order chi connectivity index (χ1) is 26.8. The van der Waals surface area contributed by atoms with Gasteiger partial charge in [0.05, 0.1) is 11.0 Å². The van der Waals surface area contributed by atoms with Crippen LogP contribution in [0.1, 0.15) is 0 Å². The molecule has 2 nitrogen and oxygen atoms in total. The summed E-state index contributed by atoms with van der Waals surface area (Å²) in [5, 5.41) is 3.74. The summed E-state index contributed by atoms with van der Waals surface area (Å²) in [6.45, 7) is 0. The predicted molar refractivity (Wildman–Crippen MR) is 229 cm³/mol. The van der Waals surface area contributed by atoms with Crippen molar-refractivity contribution in [1.82, 2.24) is 4.40 Å². The van der Waals surface area contributed by atoms with Crippen molar-refractivity contribution in [2.24, 2.45) is 0 Å². The van der Waals surface area contributed by atoms with Crippen molar-refractivity contribution < 1.29 is 0 Å². The van der Waals surface area contributed by atoms with Gasteiger partial charge in [-0.15, -0.1) is 0 Å². The Morgan fingerprint density at radius 3 is 1.56 bits per heavy atom. The maximum Gasteiger partial charge on any atom is 0.0625 e. The van der Waals surface area contributed by atoms with Gasteiger partial charge in [-0.2, -0.15) is 0 Å². The Morgan fingerprint density at radius 2 is 0.907 bits per heavy atom. The molecule has 0 spiro atoms. The molecule has 10 aromatic rings. The fourth-order valence-electron chi connectivity index (χ4n) is 8.08. The molecule has 0 radical (unpaired) electrons. The number of nitrogens with zero attached hydrogens (tertiary/aromatic N) is 2. The fourth-order valence-corrected chi connectivity index (χ4v) is 8.08. The number of benzene rings is 8. The van der Waals surface area contributed by atoms with E-state index in [-0.39, 0.29) is 0 Å². The van der Waals surface area contributed by atoms with Crippen molar-refractivity contribution in [1.29, 1.82) is 0 Å². The second-order valence-electron chi connectivity index (χ2n) is 13.8. The molecule has 2 heterocycles. The van der Waals surface area contributed by atoms with Gasteiger partial charge in [0.1, 0.15) is 0 Å². The highest BCUT2D eigenvalue weighted by atomic mass is 15.1. The lowest BCUT2D eigenvalue weighted by Gasteiger charge is -2.27. The van der Waals surface area contributed by atoms with Crippen molar-refractivity contribution in [3.63, 3.8) is 0 Å². The van der Waals surface area contributed by atoms with Crippen LogP contribution in [0.2, 0.25) is 0 Å². The molecule has 0 aliphatic carbocycles. The van der Waals surface area contributed by atoms with E-state index in [1.807, 2.05) is 0 Å². The second-order valence-corrected chi connectivity index (χ2v) is 13.8. The van der Waals surface area contributed by atoms with Crippen molar-refractivity contribution in [2.45, 2.75) is 0 Å². The number of rotatable bonds is 7. The number of anilines is 3. The van der Waals surface area contributed by atoms with Crippen LogP contribution in [0.5, 0.6) is 0 Å². The van der Waals surface area contributed by atoms with Gasteiger partial charge in [-0.1, -0.05) is 158 Å². The SMILES string of the molecule is c1ccc(-c2cc(-c3ccccc3)cc(N(c3ccccc3)c3ccc(-c4cccc5ccn6c7ccccc7c(-c7ccccc7)c6c45)cc3)c2)cc1. The van der Waals surface area contributed by atoms with Crippen molar-refractivity contribution >= 4 is 44.3 Å². The Kier molecular flexibility index (Phi) is 7.85. The molecule has 10 rings (SSSR count). The molecule has 0 aliphatic rings. The fraction of sp³-hybridized carbons (Fsp3) is 0. The molecule has 0 atom stereocenters. The van der Waals surface area contributed by atoms with E-state index in [0.717, 1.165) is 17.1 Å². The summed E-state index contributed by atoms with van der Waals surface area (Å²) in [7, 11) is 0. The van der Waals surface area contributed by atoms with Crippen LogP contribution in [0.15, 0.2) is 219 Å². The van der Waals surface area contributed by atoms with Crippen molar-refractivity contribution in [3.8, 4) is 44.5 Å². The van der Waals surface area contributed by atoms with Crippen LogP contribution >= 0.6 is 0 Å². The van der Waals surface area contributed by atoms with Gasteiger partial charge in [0.2, 0.25) is 0 Å². The van der Waals surface area contributed by atoms with Crippen molar-refractivity contribution in [3.05, 3.63) is 219 Å². The first-order valence-corrected chi connectivity index (χ1v) is 18.5. The van der Waals surface area contributed by atoms with E-state index in [1.54, 1.807) is 0 Å². The molecule has 0 aliphatic heterocycles. The number of para-hydroxylation sites is 2. The first kappa shape index (κ1) is 31.6. The number of hydrogen-bond acceptors (Lipinski definition) is 1. The Labute approximate surface area is 315 Å². The third-order valence-corrected chi connectivity index (χ3v) is 10.6. The number of pyridine rings is 1. The lowest BCUT2D eigenvalue weighted by molar-refractivity contribution is 1.27. The van der Waals surface area contributed by atoms with Crippen LogP contribution in [-0.2, 0) is 0 Å². The summed E-state index contributed by atoms with van der Waals surface area (Å²) < 4.78 is 2.37. The van der Waals surface area contributed by atoms with E-state index < -0.39 is 0 Å². The van der Waals surface area contributed by atoms with Gasteiger partial charge in [-0.25, -0.2) is 0 Å². The van der Waals surface area contributed by atoms with Gasteiger partial charge in [-0.05, 0) is 98.9 Å². The average molecular weight is 689 g/mol. The highest BCUT2D eigenvalue weighted by Gasteiger charge is 2.20. The Balaban J connectivity index is 1.16. The topological polar surface area (TPSA) is 7.65 Å². The normalized spacial score (nSPS) is 11.3. The summed E-state index contributed by atoms with van der Waals surface area (Å²) >= 11 is 0. The number of fused-ring (bicyclic) bond motifs is 5. The predicted octanol–water partition coefficient (Wildman–Crippen LogP) is 14.4. The van der Waals surface area contributed by atoms with Gasteiger partial charge in [-0.3, -0.25) is 0 Å². The minimum absolute atomic E-state index is 1.10. The third-order valence-electron chi connectivity index (χ3n) is 10.6. The van der Waals surface area contributed by atoms with Crippen LogP contribution < -0.4 is 4.90 Å². The third kappa shape index (κ3) is 5.53. The lowest BCUT2D eigenvalue weighted by Crippen LogP contribution is -2.10. The molecule has 0 unspecified atom stereocenters. The number of hydrogen-bond donors (Lipinski definition) is 0. The first-order valence-electron chi connectivity index (χ1n) is 18.5. The molecular weight excluding hydrogens is 653 g/mol. The van der Waals surface area contributed by atoms with Gasteiger partial charge in [0.15, 0.2) is 0 Å². The largest absolute Gasteiger partial charge is 0.315 e. The maximum atomic E-state index is 2.37. The van der Waals surface area contributed by atoms with Crippen molar-refractivity contribution in [2.75, 3.05) is 4.90 Å². The van der Waals surface area contributed by atoms with Gasteiger partial charge in [0.25, 0.3) is 0 Å². The van der Waals surface area contributed by atoms with Gasteiger partial charge >= 0.3 is 0 Å². The van der Waals surface area contributed by atoms with E-state index in [0.29, 0.717) is 0 Å². The Bertz CT molecular complexity index is 2840.